The van der Waals surface area contributed by atoms with Crippen molar-refractivity contribution >= 4 is 11.8 Å². The summed E-state index contributed by atoms with van der Waals surface area (Å²) in [5.41, 5.74) is 6.21. The highest BCUT2D eigenvalue weighted by atomic mass is 16.2. The van der Waals surface area contributed by atoms with Gasteiger partial charge < -0.3 is 10.6 Å². The maximum absolute atomic E-state index is 12.1. The Kier molecular flexibility index (Phi) is 3.27. The molecule has 0 saturated carbocycles. The van der Waals surface area contributed by atoms with Crippen molar-refractivity contribution in [2.24, 2.45) is 11.7 Å². The Balaban J connectivity index is 1.98. The molecule has 0 spiro atoms. The van der Waals surface area contributed by atoms with Gasteiger partial charge in [-0.25, -0.2) is 0 Å². The summed E-state index contributed by atoms with van der Waals surface area (Å²) in [6.07, 6.45) is 6.69. The molecule has 1 heterocycles. The van der Waals surface area contributed by atoms with E-state index in [1.807, 2.05) is 6.08 Å². The van der Waals surface area contributed by atoms with E-state index in [4.69, 9.17) is 5.73 Å². The Morgan fingerprint density at radius 3 is 2.81 bits per heavy atom. The number of rotatable bonds is 2. The molecule has 1 atom stereocenters. The molecule has 88 valence electrons. The molecule has 4 nitrogen and oxygen atoms in total. The Morgan fingerprint density at radius 2 is 2.19 bits per heavy atom. The van der Waals surface area contributed by atoms with Crippen LogP contribution in [0.4, 0.5) is 0 Å². The molecule has 1 fully saturated rings. The zero-order valence-corrected chi connectivity index (χ0v) is 9.45. The van der Waals surface area contributed by atoms with Crippen molar-refractivity contribution in [1.29, 1.82) is 0 Å². The zero-order chi connectivity index (χ0) is 11.5. The highest BCUT2D eigenvalue weighted by Gasteiger charge is 2.28. The summed E-state index contributed by atoms with van der Waals surface area (Å²) in [6, 6.07) is 0. The van der Waals surface area contributed by atoms with E-state index in [-0.39, 0.29) is 17.7 Å². The quantitative estimate of drug-likeness (QED) is 0.751. The van der Waals surface area contributed by atoms with Crippen molar-refractivity contribution in [3.05, 3.63) is 11.6 Å². The second kappa shape index (κ2) is 4.68. The number of nitrogens with zero attached hydrogens (tertiary/aromatic N) is 1. The molecule has 2 rings (SSSR count). The van der Waals surface area contributed by atoms with Crippen molar-refractivity contribution in [3.63, 3.8) is 0 Å². The molecular weight excluding hydrogens is 204 g/mol. The first-order valence-corrected chi connectivity index (χ1v) is 5.96. The molecular formula is C12H18N2O2. The highest BCUT2D eigenvalue weighted by molar-refractivity contribution is 5.94. The van der Waals surface area contributed by atoms with Crippen molar-refractivity contribution in [1.82, 2.24) is 4.90 Å². The van der Waals surface area contributed by atoms with Crippen LogP contribution in [-0.4, -0.2) is 29.8 Å². The Bertz CT molecular complexity index is 336. The van der Waals surface area contributed by atoms with Gasteiger partial charge in [0.1, 0.15) is 0 Å². The average molecular weight is 222 g/mol. The van der Waals surface area contributed by atoms with Crippen LogP contribution in [0.15, 0.2) is 11.6 Å². The van der Waals surface area contributed by atoms with Crippen LogP contribution in [0.1, 0.15) is 32.1 Å². The van der Waals surface area contributed by atoms with Gasteiger partial charge in [0, 0.05) is 18.7 Å². The number of nitrogens with two attached hydrogens (primary N) is 1. The van der Waals surface area contributed by atoms with Gasteiger partial charge in [0.25, 0.3) is 0 Å². The lowest BCUT2D eigenvalue weighted by Gasteiger charge is -2.31. The molecule has 0 aromatic carbocycles. The first-order valence-electron chi connectivity index (χ1n) is 5.96. The summed E-state index contributed by atoms with van der Waals surface area (Å²) < 4.78 is 0. The standard InChI is InChI=1S/C12H18N2O2/c13-11(15)10-6-3-7-14(8-10)12(16)9-4-1-2-5-9/h4,10H,1-3,5-8H2,(H2,13,15)/t10-/m0/s1. The van der Waals surface area contributed by atoms with Gasteiger partial charge in [0.05, 0.1) is 5.92 Å². The van der Waals surface area contributed by atoms with E-state index in [1.165, 1.54) is 0 Å². The fourth-order valence-corrected chi connectivity index (χ4v) is 2.46. The van der Waals surface area contributed by atoms with Gasteiger partial charge in [-0.15, -0.1) is 0 Å². The molecule has 0 aromatic rings. The third kappa shape index (κ3) is 2.26. The molecule has 4 heteroatoms. The fraction of sp³-hybridized carbons (Fsp3) is 0.667. The maximum Gasteiger partial charge on any atom is 0.249 e. The summed E-state index contributed by atoms with van der Waals surface area (Å²) in [5.74, 6) is -0.318. The number of primary amides is 1. The second-order valence-corrected chi connectivity index (χ2v) is 4.61. The van der Waals surface area contributed by atoms with E-state index in [2.05, 4.69) is 0 Å². The summed E-state index contributed by atoms with van der Waals surface area (Å²) >= 11 is 0. The number of piperidine rings is 1. The van der Waals surface area contributed by atoms with Gasteiger partial charge in [-0.3, -0.25) is 9.59 Å². The lowest BCUT2D eigenvalue weighted by atomic mass is 9.97. The number of allylic oxidation sites excluding steroid dienone is 1. The van der Waals surface area contributed by atoms with Crippen LogP contribution in [0.2, 0.25) is 0 Å². The summed E-state index contributed by atoms with van der Waals surface area (Å²) in [5, 5.41) is 0. The van der Waals surface area contributed by atoms with Crippen LogP contribution in [0.25, 0.3) is 0 Å². The third-order valence-electron chi connectivity index (χ3n) is 3.43. The summed E-state index contributed by atoms with van der Waals surface area (Å²) in [7, 11) is 0. The predicted molar refractivity (Wildman–Crippen MR) is 60.4 cm³/mol. The first kappa shape index (κ1) is 11.2. The van der Waals surface area contributed by atoms with Gasteiger partial charge >= 0.3 is 0 Å². The average Bonchev–Trinajstić information content (AvgIpc) is 2.81. The molecule has 0 radical (unpaired) electrons. The number of amides is 2. The van der Waals surface area contributed by atoms with E-state index in [1.54, 1.807) is 4.90 Å². The molecule has 2 amide bonds. The Labute approximate surface area is 95.5 Å². The van der Waals surface area contributed by atoms with Gasteiger partial charge in [-0.2, -0.15) is 0 Å². The van der Waals surface area contributed by atoms with Gasteiger partial charge in [0.2, 0.25) is 11.8 Å². The SMILES string of the molecule is NC(=O)[C@H]1CCCN(C(=O)C2=CCCC2)C1. The topological polar surface area (TPSA) is 63.4 Å². The number of hydrogen-bond donors (Lipinski definition) is 1. The Morgan fingerprint density at radius 1 is 1.38 bits per heavy atom. The van der Waals surface area contributed by atoms with Crippen molar-refractivity contribution in [3.8, 4) is 0 Å². The van der Waals surface area contributed by atoms with Crippen LogP contribution in [0.3, 0.4) is 0 Å². The minimum Gasteiger partial charge on any atom is -0.369 e. The van der Waals surface area contributed by atoms with E-state index in [0.29, 0.717) is 6.54 Å². The van der Waals surface area contributed by atoms with Crippen LogP contribution >= 0.6 is 0 Å². The zero-order valence-electron chi connectivity index (χ0n) is 9.45. The monoisotopic (exact) mass is 222 g/mol. The predicted octanol–water partition coefficient (Wildman–Crippen LogP) is 0.821. The van der Waals surface area contributed by atoms with E-state index < -0.39 is 0 Å². The summed E-state index contributed by atoms with van der Waals surface area (Å²) in [4.78, 5) is 25.0. The molecule has 2 aliphatic rings. The molecule has 0 bridgehead atoms. The highest BCUT2D eigenvalue weighted by Crippen LogP contribution is 2.23. The third-order valence-corrected chi connectivity index (χ3v) is 3.43. The number of carbonyl (C=O) groups is 2. The number of carbonyl (C=O) groups excluding carboxylic acids is 2. The fourth-order valence-electron chi connectivity index (χ4n) is 2.46. The van der Waals surface area contributed by atoms with Crippen molar-refractivity contribution < 1.29 is 9.59 Å². The molecule has 1 saturated heterocycles. The molecule has 2 N–H and O–H groups in total. The van der Waals surface area contributed by atoms with Crippen LogP contribution in [0, 0.1) is 5.92 Å². The van der Waals surface area contributed by atoms with Gasteiger partial charge in [0.15, 0.2) is 0 Å². The second-order valence-electron chi connectivity index (χ2n) is 4.61. The molecule has 0 unspecified atom stereocenters. The van der Waals surface area contributed by atoms with E-state index in [9.17, 15) is 9.59 Å². The lowest BCUT2D eigenvalue weighted by molar-refractivity contribution is -0.131. The minimum atomic E-state index is -0.280. The maximum atomic E-state index is 12.1. The van der Waals surface area contributed by atoms with Crippen molar-refractivity contribution in [2.45, 2.75) is 32.1 Å². The van der Waals surface area contributed by atoms with E-state index in [0.717, 1.165) is 44.2 Å². The smallest absolute Gasteiger partial charge is 0.249 e. The van der Waals surface area contributed by atoms with Crippen LogP contribution < -0.4 is 5.73 Å². The summed E-state index contributed by atoms with van der Waals surface area (Å²) in [6.45, 7) is 1.27. The normalized spacial score (nSPS) is 25.4. The van der Waals surface area contributed by atoms with Gasteiger partial charge in [-0.05, 0) is 32.1 Å². The molecule has 0 aromatic heterocycles. The van der Waals surface area contributed by atoms with Crippen LogP contribution in [0.5, 0.6) is 0 Å². The number of hydrogen-bond acceptors (Lipinski definition) is 2. The lowest BCUT2D eigenvalue weighted by Crippen LogP contribution is -2.44. The van der Waals surface area contributed by atoms with E-state index >= 15 is 0 Å². The minimum absolute atomic E-state index is 0.114. The first-order chi connectivity index (χ1) is 7.68. The molecule has 16 heavy (non-hydrogen) atoms. The van der Waals surface area contributed by atoms with Crippen LogP contribution in [-0.2, 0) is 9.59 Å². The van der Waals surface area contributed by atoms with Crippen molar-refractivity contribution in [2.75, 3.05) is 13.1 Å². The van der Waals surface area contributed by atoms with Gasteiger partial charge in [-0.1, -0.05) is 6.08 Å². The molecule has 1 aliphatic carbocycles. The number of likely N-dealkylation sites (tertiary alicyclic amines) is 1. The molecule has 1 aliphatic heterocycles. The Hall–Kier alpha value is -1.32. The largest absolute Gasteiger partial charge is 0.369 e.